The van der Waals surface area contributed by atoms with E-state index in [0.29, 0.717) is 0 Å². The lowest BCUT2D eigenvalue weighted by Crippen LogP contribution is -2.43. The van der Waals surface area contributed by atoms with Crippen molar-refractivity contribution in [2.75, 3.05) is 32.7 Å². The van der Waals surface area contributed by atoms with Crippen molar-refractivity contribution in [2.45, 2.75) is 73.3 Å². The van der Waals surface area contributed by atoms with Crippen LogP contribution in [0.1, 0.15) is 67.2 Å². The molecule has 2 heterocycles. The van der Waals surface area contributed by atoms with Gasteiger partial charge >= 0.3 is 0 Å². The molecule has 0 amide bonds. The first kappa shape index (κ1) is 19.0. The SMILES string of the molecule is CC.CC(C)C1CCN(CC2CCN(C(C)C)CC2)CC1. The van der Waals surface area contributed by atoms with Crippen LogP contribution in [0.15, 0.2) is 0 Å². The van der Waals surface area contributed by atoms with Crippen LogP contribution >= 0.6 is 0 Å². The minimum absolute atomic E-state index is 0.739. The zero-order valence-corrected chi connectivity index (χ0v) is 15.6. The van der Waals surface area contributed by atoms with Crippen molar-refractivity contribution in [2.24, 2.45) is 17.8 Å². The number of rotatable bonds is 4. The quantitative estimate of drug-likeness (QED) is 0.753. The summed E-state index contributed by atoms with van der Waals surface area (Å²) in [4.78, 5) is 5.38. The van der Waals surface area contributed by atoms with E-state index in [2.05, 4.69) is 37.5 Å². The van der Waals surface area contributed by atoms with Crippen LogP contribution in [-0.2, 0) is 0 Å². The second kappa shape index (κ2) is 9.84. The molecule has 0 radical (unpaired) electrons. The highest BCUT2D eigenvalue weighted by Crippen LogP contribution is 2.26. The Morgan fingerprint density at radius 1 is 0.810 bits per heavy atom. The van der Waals surface area contributed by atoms with Gasteiger partial charge in [-0.3, -0.25) is 0 Å². The summed E-state index contributed by atoms with van der Waals surface area (Å²) in [6, 6.07) is 0.739. The van der Waals surface area contributed by atoms with Crippen molar-refractivity contribution in [3.8, 4) is 0 Å². The van der Waals surface area contributed by atoms with E-state index >= 15 is 0 Å². The highest BCUT2D eigenvalue weighted by atomic mass is 15.2. The predicted molar refractivity (Wildman–Crippen MR) is 94.8 cm³/mol. The van der Waals surface area contributed by atoms with Gasteiger partial charge in [0.2, 0.25) is 0 Å². The maximum absolute atomic E-state index is 2.74. The smallest absolute Gasteiger partial charge is 0.00385 e. The normalized spacial score (nSPS) is 23.4. The number of nitrogens with zero attached hydrogens (tertiary/aromatic N) is 2. The number of hydrogen-bond acceptors (Lipinski definition) is 2. The zero-order valence-electron chi connectivity index (χ0n) is 15.6. The monoisotopic (exact) mass is 296 g/mol. The maximum Gasteiger partial charge on any atom is 0.00385 e. The van der Waals surface area contributed by atoms with Gasteiger partial charge in [-0.1, -0.05) is 27.7 Å². The fourth-order valence-corrected chi connectivity index (χ4v) is 3.82. The van der Waals surface area contributed by atoms with Crippen molar-refractivity contribution in [3.63, 3.8) is 0 Å². The minimum Gasteiger partial charge on any atom is -0.303 e. The molecule has 2 heteroatoms. The van der Waals surface area contributed by atoms with Crippen LogP contribution in [0.4, 0.5) is 0 Å². The van der Waals surface area contributed by atoms with Gasteiger partial charge in [0.25, 0.3) is 0 Å². The topological polar surface area (TPSA) is 6.48 Å². The van der Waals surface area contributed by atoms with E-state index in [-0.39, 0.29) is 0 Å². The summed E-state index contributed by atoms with van der Waals surface area (Å²) in [5, 5.41) is 0. The first-order chi connectivity index (χ1) is 10.1. The molecule has 0 spiro atoms. The molecule has 2 aliphatic rings. The molecular weight excluding hydrogens is 256 g/mol. The molecule has 0 aromatic heterocycles. The summed E-state index contributed by atoms with van der Waals surface area (Å²) in [5.74, 6) is 2.83. The van der Waals surface area contributed by atoms with Crippen LogP contribution < -0.4 is 0 Å². The third kappa shape index (κ3) is 6.28. The summed E-state index contributed by atoms with van der Waals surface area (Å²) in [6.45, 7) is 20.2. The van der Waals surface area contributed by atoms with E-state index in [4.69, 9.17) is 0 Å². The fourth-order valence-electron chi connectivity index (χ4n) is 3.82. The Morgan fingerprint density at radius 3 is 1.76 bits per heavy atom. The molecule has 0 unspecified atom stereocenters. The summed E-state index contributed by atoms with van der Waals surface area (Å²) >= 11 is 0. The van der Waals surface area contributed by atoms with Gasteiger partial charge < -0.3 is 9.80 Å². The van der Waals surface area contributed by atoms with Crippen molar-refractivity contribution < 1.29 is 0 Å². The Hall–Kier alpha value is -0.0800. The van der Waals surface area contributed by atoms with E-state index < -0.39 is 0 Å². The van der Waals surface area contributed by atoms with E-state index in [1.165, 1.54) is 58.4 Å². The molecule has 2 rings (SSSR count). The molecule has 0 bridgehead atoms. The van der Waals surface area contributed by atoms with Crippen LogP contribution in [0, 0.1) is 17.8 Å². The number of piperidine rings is 2. The van der Waals surface area contributed by atoms with Gasteiger partial charge in [0.1, 0.15) is 0 Å². The number of likely N-dealkylation sites (tertiary alicyclic amines) is 2. The van der Waals surface area contributed by atoms with Gasteiger partial charge in [-0.2, -0.15) is 0 Å². The van der Waals surface area contributed by atoms with Crippen molar-refractivity contribution in [3.05, 3.63) is 0 Å². The molecule has 2 aliphatic heterocycles. The number of hydrogen-bond donors (Lipinski definition) is 0. The van der Waals surface area contributed by atoms with Crippen LogP contribution in [0.3, 0.4) is 0 Å². The fraction of sp³-hybridized carbons (Fsp3) is 1.00. The molecule has 2 fully saturated rings. The summed E-state index contributed by atoms with van der Waals surface area (Å²) in [7, 11) is 0. The van der Waals surface area contributed by atoms with Gasteiger partial charge in [-0.25, -0.2) is 0 Å². The molecule has 0 aromatic rings. The Bertz CT molecular complexity index is 220. The van der Waals surface area contributed by atoms with Crippen LogP contribution in [-0.4, -0.2) is 48.6 Å². The molecule has 0 aliphatic carbocycles. The Morgan fingerprint density at radius 2 is 1.33 bits per heavy atom. The second-order valence-electron chi connectivity index (χ2n) is 7.46. The Kier molecular flexibility index (Phi) is 8.89. The lowest BCUT2D eigenvalue weighted by Gasteiger charge is -2.39. The third-order valence-corrected chi connectivity index (χ3v) is 5.47. The van der Waals surface area contributed by atoms with E-state index in [1.807, 2.05) is 13.8 Å². The predicted octanol–water partition coefficient (Wildman–Crippen LogP) is 4.50. The minimum atomic E-state index is 0.739. The summed E-state index contributed by atoms with van der Waals surface area (Å²) in [5.41, 5.74) is 0. The standard InChI is InChI=1S/C17H34N2.C2H6/c1-14(2)17-7-9-18(10-8-17)13-16-5-11-19(12-6-16)15(3)4;1-2/h14-17H,5-13H2,1-4H3;1-2H3. The lowest BCUT2D eigenvalue weighted by molar-refractivity contribution is 0.0970. The maximum atomic E-state index is 2.74. The van der Waals surface area contributed by atoms with Crippen molar-refractivity contribution in [1.29, 1.82) is 0 Å². The highest BCUT2D eigenvalue weighted by molar-refractivity contribution is 4.80. The average molecular weight is 297 g/mol. The Labute approximate surface area is 134 Å². The van der Waals surface area contributed by atoms with Gasteiger partial charge in [-0.15, -0.1) is 0 Å². The molecule has 0 aromatic carbocycles. The zero-order chi connectivity index (χ0) is 15.8. The largest absolute Gasteiger partial charge is 0.303 e. The Balaban J connectivity index is 0.00000106. The molecule has 0 atom stereocenters. The average Bonchev–Trinajstić information content (AvgIpc) is 2.50. The van der Waals surface area contributed by atoms with Gasteiger partial charge in [-0.05, 0) is 83.5 Å². The van der Waals surface area contributed by atoms with Gasteiger partial charge in [0.05, 0.1) is 0 Å². The van der Waals surface area contributed by atoms with Gasteiger partial charge in [0.15, 0.2) is 0 Å². The van der Waals surface area contributed by atoms with Crippen molar-refractivity contribution in [1.82, 2.24) is 9.80 Å². The third-order valence-electron chi connectivity index (χ3n) is 5.47. The molecular formula is C19H40N2. The van der Waals surface area contributed by atoms with Crippen LogP contribution in [0.2, 0.25) is 0 Å². The highest BCUT2D eigenvalue weighted by Gasteiger charge is 2.26. The van der Waals surface area contributed by atoms with Crippen molar-refractivity contribution >= 4 is 0 Å². The molecule has 126 valence electrons. The first-order valence-corrected chi connectivity index (χ1v) is 9.52. The molecule has 0 N–H and O–H groups in total. The first-order valence-electron chi connectivity index (χ1n) is 9.52. The molecule has 2 nitrogen and oxygen atoms in total. The van der Waals surface area contributed by atoms with E-state index in [9.17, 15) is 0 Å². The van der Waals surface area contributed by atoms with Crippen LogP contribution in [0.25, 0.3) is 0 Å². The van der Waals surface area contributed by atoms with E-state index in [1.54, 1.807) is 0 Å². The molecule has 2 saturated heterocycles. The summed E-state index contributed by atoms with van der Waals surface area (Å²) < 4.78 is 0. The second-order valence-corrected chi connectivity index (χ2v) is 7.46. The van der Waals surface area contributed by atoms with Gasteiger partial charge in [0, 0.05) is 12.6 Å². The van der Waals surface area contributed by atoms with E-state index in [0.717, 1.165) is 23.8 Å². The summed E-state index contributed by atoms with van der Waals surface area (Å²) in [6.07, 6.45) is 5.70. The molecule has 0 saturated carbocycles. The molecule has 21 heavy (non-hydrogen) atoms. The van der Waals surface area contributed by atoms with Crippen LogP contribution in [0.5, 0.6) is 0 Å². The lowest BCUT2D eigenvalue weighted by atomic mass is 9.86.